The summed E-state index contributed by atoms with van der Waals surface area (Å²) in [6.45, 7) is 1.81. The minimum atomic E-state index is 0.399. The maximum absolute atomic E-state index is 9.94. The quantitative estimate of drug-likeness (QED) is 0.635. The summed E-state index contributed by atoms with van der Waals surface area (Å²) in [6.07, 6.45) is 1.07. The van der Waals surface area contributed by atoms with Crippen LogP contribution in [-0.4, -0.2) is 50.2 Å². The van der Waals surface area contributed by atoms with Crippen molar-refractivity contribution in [3.05, 3.63) is 53.2 Å². The number of nitriles is 1. The summed E-state index contributed by atoms with van der Waals surface area (Å²) in [6, 6.07) is 16.3. The van der Waals surface area contributed by atoms with Gasteiger partial charge in [0, 0.05) is 35.1 Å². The SMILES string of the molecule is COc1ccc2c(N3CCC(N(C)C)C3)nc(C#N)c(-c3cccc(Cl)c3)c2c1. The molecule has 0 amide bonds. The number of benzene rings is 2. The monoisotopic (exact) mass is 406 g/mol. The number of hydrogen-bond donors (Lipinski definition) is 0. The van der Waals surface area contributed by atoms with Gasteiger partial charge in [0.1, 0.15) is 17.6 Å². The van der Waals surface area contributed by atoms with Gasteiger partial charge in [-0.15, -0.1) is 0 Å². The lowest BCUT2D eigenvalue weighted by Crippen LogP contribution is -2.31. The minimum absolute atomic E-state index is 0.399. The summed E-state index contributed by atoms with van der Waals surface area (Å²) in [5.74, 6) is 1.60. The molecule has 2 heterocycles. The molecule has 2 aromatic carbocycles. The van der Waals surface area contributed by atoms with E-state index in [2.05, 4.69) is 30.0 Å². The van der Waals surface area contributed by atoms with Crippen molar-refractivity contribution in [1.82, 2.24) is 9.88 Å². The number of pyridine rings is 1. The number of halogens is 1. The van der Waals surface area contributed by atoms with Gasteiger partial charge in [0.15, 0.2) is 5.69 Å². The lowest BCUT2D eigenvalue weighted by atomic mass is 9.96. The third-order valence-corrected chi connectivity index (χ3v) is 5.84. The fourth-order valence-electron chi connectivity index (χ4n) is 4.02. The molecule has 1 saturated heterocycles. The van der Waals surface area contributed by atoms with Crippen molar-refractivity contribution in [2.24, 2.45) is 0 Å². The van der Waals surface area contributed by atoms with Gasteiger partial charge in [-0.25, -0.2) is 4.98 Å². The third kappa shape index (κ3) is 3.62. The zero-order valence-corrected chi connectivity index (χ0v) is 17.6. The summed E-state index contributed by atoms with van der Waals surface area (Å²) in [4.78, 5) is 9.35. The average Bonchev–Trinajstić information content (AvgIpc) is 3.22. The van der Waals surface area contributed by atoms with E-state index in [9.17, 15) is 5.26 Å². The van der Waals surface area contributed by atoms with E-state index in [0.29, 0.717) is 16.8 Å². The molecular formula is C23H23ClN4O. The van der Waals surface area contributed by atoms with Crippen LogP contribution in [0.3, 0.4) is 0 Å². The Hall–Kier alpha value is -2.81. The Morgan fingerprint density at radius 2 is 2.03 bits per heavy atom. The number of hydrogen-bond acceptors (Lipinski definition) is 5. The molecule has 1 aliphatic heterocycles. The highest BCUT2D eigenvalue weighted by Gasteiger charge is 2.28. The number of anilines is 1. The molecule has 0 saturated carbocycles. The van der Waals surface area contributed by atoms with E-state index in [1.54, 1.807) is 7.11 Å². The Balaban J connectivity index is 1.96. The van der Waals surface area contributed by atoms with E-state index in [4.69, 9.17) is 21.3 Å². The summed E-state index contributed by atoms with van der Waals surface area (Å²) >= 11 is 6.24. The van der Waals surface area contributed by atoms with Crippen LogP contribution in [0.5, 0.6) is 5.75 Å². The van der Waals surface area contributed by atoms with Crippen LogP contribution in [0.25, 0.3) is 21.9 Å². The van der Waals surface area contributed by atoms with Crippen molar-refractivity contribution in [1.29, 1.82) is 5.26 Å². The van der Waals surface area contributed by atoms with Gasteiger partial charge in [0.2, 0.25) is 0 Å². The summed E-state index contributed by atoms with van der Waals surface area (Å²) in [5.41, 5.74) is 2.06. The first-order chi connectivity index (χ1) is 14.0. The number of methoxy groups -OCH3 is 1. The van der Waals surface area contributed by atoms with Gasteiger partial charge in [-0.3, -0.25) is 0 Å². The first-order valence-electron chi connectivity index (χ1n) is 9.61. The topological polar surface area (TPSA) is 52.4 Å². The van der Waals surface area contributed by atoms with E-state index < -0.39 is 0 Å². The Morgan fingerprint density at radius 3 is 2.69 bits per heavy atom. The molecule has 5 nitrogen and oxygen atoms in total. The lowest BCUT2D eigenvalue weighted by Gasteiger charge is -2.23. The second kappa shape index (κ2) is 7.90. The largest absolute Gasteiger partial charge is 0.497 e. The first-order valence-corrected chi connectivity index (χ1v) is 9.98. The van der Waals surface area contributed by atoms with Gasteiger partial charge in [-0.05, 0) is 61.8 Å². The fraction of sp³-hybridized carbons (Fsp3) is 0.304. The van der Waals surface area contributed by atoms with Crippen LogP contribution in [0, 0.1) is 11.3 Å². The van der Waals surface area contributed by atoms with E-state index >= 15 is 0 Å². The second-order valence-corrected chi connectivity index (χ2v) is 7.98. The van der Waals surface area contributed by atoms with Crippen LogP contribution in [0.1, 0.15) is 12.1 Å². The molecule has 0 bridgehead atoms. The Bertz CT molecular complexity index is 1110. The van der Waals surface area contributed by atoms with Gasteiger partial charge in [-0.2, -0.15) is 5.26 Å². The number of likely N-dealkylation sites (N-methyl/N-ethyl adjacent to an activating group) is 1. The van der Waals surface area contributed by atoms with Crippen molar-refractivity contribution in [3.63, 3.8) is 0 Å². The normalized spacial score (nSPS) is 16.4. The molecule has 4 rings (SSSR count). The molecule has 0 spiro atoms. The molecule has 29 heavy (non-hydrogen) atoms. The standard InChI is InChI=1S/C23H23ClN4O/c1-27(2)17-9-10-28(14-17)23-19-8-7-18(29-3)12-20(19)22(21(13-25)26-23)15-5-4-6-16(24)11-15/h4-8,11-12,17H,9-10,14H2,1-3H3. The highest BCUT2D eigenvalue weighted by molar-refractivity contribution is 6.31. The molecular weight excluding hydrogens is 384 g/mol. The van der Waals surface area contributed by atoms with Crippen LogP contribution in [0.15, 0.2) is 42.5 Å². The van der Waals surface area contributed by atoms with E-state index in [-0.39, 0.29) is 0 Å². The zero-order chi connectivity index (χ0) is 20.5. The van der Waals surface area contributed by atoms with Gasteiger partial charge in [0.25, 0.3) is 0 Å². The van der Waals surface area contributed by atoms with Crippen LogP contribution in [0.4, 0.5) is 5.82 Å². The molecule has 1 fully saturated rings. The van der Waals surface area contributed by atoms with E-state index in [0.717, 1.165) is 53.0 Å². The van der Waals surface area contributed by atoms with Crippen molar-refractivity contribution in [2.45, 2.75) is 12.5 Å². The molecule has 148 valence electrons. The molecule has 1 aromatic heterocycles. The predicted molar refractivity (Wildman–Crippen MR) is 118 cm³/mol. The molecule has 6 heteroatoms. The lowest BCUT2D eigenvalue weighted by molar-refractivity contribution is 0.315. The molecule has 1 aliphatic rings. The van der Waals surface area contributed by atoms with Crippen molar-refractivity contribution in [2.75, 3.05) is 39.2 Å². The van der Waals surface area contributed by atoms with Gasteiger partial charge >= 0.3 is 0 Å². The maximum Gasteiger partial charge on any atom is 0.151 e. The molecule has 0 radical (unpaired) electrons. The highest BCUT2D eigenvalue weighted by atomic mass is 35.5. The second-order valence-electron chi connectivity index (χ2n) is 7.54. The number of aromatic nitrogens is 1. The molecule has 1 unspecified atom stereocenters. The summed E-state index contributed by atoms with van der Waals surface area (Å²) in [7, 11) is 5.86. The number of nitrogens with zero attached hydrogens (tertiary/aromatic N) is 4. The molecule has 0 N–H and O–H groups in total. The Labute approximate surface area is 176 Å². The molecule has 0 aliphatic carbocycles. The zero-order valence-electron chi connectivity index (χ0n) is 16.8. The highest BCUT2D eigenvalue weighted by Crippen LogP contribution is 2.39. The molecule has 3 aromatic rings. The van der Waals surface area contributed by atoms with Crippen LogP contribution in [0.2, 0.25) is 5.02 Å². The van der Waals surface area contributed by atoms with Crippen molar-refractivity contribution < 1.29 is 4.74 Å². The maximum atomic E-state index is 9.94. The van der Waals surface area contributed by atoms with Gasteiger partial charge < -0.3 is 14.5 Å². The number of fused-ring (bicyclic) bond motifs is 1. The Kier molecular flexibility index (Phi) is 5.31. The predicted octanol–water partition coefficient (Wildman–Crippen LogP) is 4.58. The van der Waals surface area contributed by atoms with E-state index in [1.165, 1.54) is 0 Å². The van der Waals surface area contributed by atoms with Crippen LogP contribution >= 0.6 is 11.6 Å². The van der Waals surface area contributed by atoms with Crippen molar-refractivity contribution in [3.8, 4) is 22.9 Å². The van der Waals surface area contributed by atoms with Crippen molar-refractivity contribution >= 4 is 28.2 Å². The average molecular weight is 407 g/mol. The number of rotatable bonds is 4. The summed E-state index contributed by atoms with van der Waals surface area (Å²) in [5, 5.41) is 12.5. The summed E-state index contributed by atoms with van der Waals surface area (Å²) < 4.78 is 5.47. The number of ether oxygens (including phenoxy) is 1. The smallest absolute Gasteiger partial charge is 0.151 e. The van der Waals surface area contributed by atoms with E-state index in [1.807, 2.05) is 42.5 Å². The first kappa shape index (κ1) is 19.5. The minimum Gasteiger partial charge on any atom is -0.497 e. The molecule has 1 atom stereocenters. The van der Waals surface area contributed by atoms with Gasteiger partial charge in [0.05, 0.1) is 7.11 Å². The third-order valence-electron chi connectivity index (χ3n) is 5.60. The van der Waals surface area contributed by atoms with Gasteiger partial charge in [-0.1, -0.05) is 23.7 Å². The van der Waals surface area contributed by atoms with Crippen LogP contribution in [-0.2, 0) is 0 Å². The van der Waals surface area contributed by atoms with Crippen LogP contribution < -0.4 is 9.64 Å². The Morgan fingerprint density at radius 1 is 1.21 bits per heavy atom. The fourth-order valence-corrected chi connectivity index (χ4v) is 4.21.